The van der Waals surface area contributed by atoms with Gasteiger partial charge in [0.1, 0.15) is 0 Å². The van der Waals surface area contributed by atoms with Gasteiger partial charge < -0.3 is 5.32 Å². The topological polar surface area (TPSA) is 42.0 Å². The molecule has 0 fully saturated rings. The molecule has 2 aromatic rings. The van der Waals surface area contributed by atoms with E-state index in [2.05, 4.69) is 10.3 Å². The minimum absolute atomic E-state index is 0.0368. The van der Waals surface area contributed by atoms with Crippen LogP contribution in [0, 0.1) is 12.3 Å². The number of rotatable bonds is 1. The second-order valence-electron chi connectivity index (χ2n) is 5.29. The first-order valence-electron chi connectivity index (χ1n) is 5.65. The quantitative estimate of drug-likeness (QED) is 0.850. The van der Waals surface area contributed by atoms with E-state index in [1.807, 2.05) is 39.8 Å². The number of anilines is 1. The van der Waals surface area contributed by atoms with Crippen molar-refractivity contribution < 1.29 is 4.79 Å². The summed E-state index contributed by atoms with van der Waals surface area (Å²) < 4.78 is 0.990. The maximum Gasteiger partial charge on any atom is 0.231 e. The van der Waals surface area contributed by atoms with Crippen molar-refractivity contribution in [3.05, 3.63) is 22.7 Å². The van der Waals surface area contributed by atoms with Crippen molar-refractivity contribution in [2.75, 3.05) is 5.32 Å². The fourth-order valence-corrected chi connectivity index (χ4v) is 2.81. The van der Waals surface area contributed by atoms with E-state index in [9.17, 15) is 4.79 Å². The van der Waals surface area contributed by atoms with Crippen LogP contribution in [0.3, 0.4) is 0 Å². The summed E-state index contributed by atoms with van der Waals surface area (Å²) in [6.45, 7) is 7.58. The molecule has 0 aliphatic rings. The second kappa shape index (κ2) is 4.52. The number of benzene rings is 1. The van der Waals surface area contributed by atoms with Gasteiger partial charge in [-0.3, -0.25) is 4.79 Å². The Morgan fingerprint density at radius 1 is 1.39 bits per heavy atom. The summed E-state index contributed by atoms with van der Waals surface area (Å²) in [6, 6.07) is 3.74. The van der Waals surface area contributed by atoms with Gasteiger partial charge in [0.25, 0.3) is 0 Å². The van der Waals surface area contributed by atoms with Crippen molar-refractivity contribution in [3.63, 3.8) is 0 Å². The maximum absolute atomic E-state index is 11.9. The third kappa shape index (κ3) is 2.65. The first-order chi connectivity index (χ1) is 8.27. The van der Waals surface area contributed by atoms with Gasteiger partial charge in [0, 0.05) is 10.4 Å². The molecule has 0 spiro atoms. The Labute approximate surface area is 115 Å². The fraction of sp³-hybridized carbons (Fsp3) is 0.385. The molecule has 0 saturated heterocycles. The van der Waals surface area contributed by atoms with Gasteiger partial charge in [0.2, 0.25) is 5.91 Å². The molecule has 0 bridgehead atoms. The van der Waals surface area contributed by atoms with Crippen molar-refractivity contribution in [1.29, 1.82) is 0 Å². The van der Waals surface area contributed by atoms with Crippen LogP contribution in [0.5, 0.6) is 0 Å². The number of aromatic nitrogens is 1. The standard InChI is InChI=1S/C13H15ClN2OS/c1-7-5-8(14)6-9-10(7)15-12(18-9)16-11(17)13(2,3)4/h5-6H,1-4H3,(H,15,16,17). The van der Waals surface area contributed by atoms with Crippen LogP contribution in [-0.4, -0.2) is 10.9 Å². The molecule has 1 amide bonds. The number of nitrogens with zero attached hydrogens (tertiary/aromatic N) is 1. The SMILES string of the molecule is Cc1cc(Cl)cc2sc(NC(=O)C(C)(C)C)nc12. The summed E-state index contributed by atoms with van der Waals surface area (Å²) >= 11 is 7.45. The van der Waals surface area contributed by atoms with E-state index in [-0.39, 0.29) is 5.91 Å². The lowest BCUT2D eigenvalue weighted by molar-refractivity contribution is -0.123. The number of aryl methyl sites for hydroxylation is 1. The maximum atomic E-state index is 11.9. The van der Waals surface area contributed by atoms with Crippen LogP contribution in [0.25, 0.3) is 10.2 Å². The van der Waals surface area contributed by atoms with E-state index in [1.54, 1.807) is 0 Å². The second-order valence-corrected chi connectivity index (χ2v) is 6.76. The number of amides is 1. The molecule has 96 valence electrons. The summed E-state index contributed by atoms with van der Waals surface area (Å²) in [5.41, 5.74) is 1.49. The zero-order valence-electron chi connectivity index (χ0n) is 10.8. The van der Waals surface area contributed by atoms with Gasteiger partial charge in [-0.2, -0.15) is 0 Å². The first-order valence-corrected chi connectivity index (χ1v) is 6.85. The lowest BCUT2D eigenvalue weighted by atomic mass is 9.96. The van der Waals surface area contributed by atoms with Crippen molar-refractivity contribution >= 4 is 44.2 Å². The van der Waals surface area contributed by atoms with Gasteiger partial charge in [-0.15, -0.1) is 0 Å². The highest BCUT2D eigenvalue weighted by molar-refractivity contribution is 7.22. The normalized spacial score (nSPS) is 11.8. The van der Waals surface area contributed by atoms with Crippen LogP contribution in [0.4, 0.5) is 5.13 Å². The highest BCUT2D eigenvalue weighted by Gasteiger charge is 2.22. The minimum Gasteiger partial charge on any atom is -0.301 e. The van der Waals surface area contributed by atoms with Crippen molar-refractivity contribution in [2.45, 2.75) is 27.7 Å². The molecule has 18 heavy (non-hydrogen) atoms. The molecule has 0 unspecified atom stereocenters. The molecule has 0 atom stereocenters. The first kappa shape index (κ1) is 13.3. The largest absolute Gasteiger partial charge is 0.301 e. The fourth-order valence-electron chi connectivity index (χ4n) is 1.49. The van der Waals surface area contributed by atoms with Crippen molar-refractivity contribution in [2.24, 2.45) is 5.41 Å². The van der Waals surface area contributed by atoms with Crippen LogP contribution < -0.4 is 5.32 Å². The molecule has 0 radical (unpaired) electrons. The number of hydrogen-bond donors (Lipinski definition) is 1. The zero-order chi connectivity index (χ0) is 13.5. The molecule has 1 aromatic heterocycles. The molecule has 2 rings (SSSR count). The van der Waals surface area contributed by atoms with Crippen LogP contribution in [-0.2, 0) is 4.79 Å². The van der Waals surface area contributed by atoms with E-state index in [1.165, 1.54) is 11.3 Å². The molecular weight excluding hydrogens is 268 g/mol. The number of fused-ring (bicyclic) bond motifs is 1. The van der Waals surface area contributed by atoms with Gasteiger partial charge in [-0.05, 0) is 24.6 Å². The zero-order valence-corrected chi connectivity index (χ0v) is 12.4. The molecule has 0 aliphatic heterocycles. The van der Waals surface area contributed by atoms with Crippen molar-refractivity contribution in [3.8, 4) is 0 Å². The molecule has 5 heteroatoms. The van der Waals surface area contributed by atoms with Gasteiger partial charge in [0.15, 0.2) is 5.13 Å². The number of carbonyl (C=O) groups excluding carboxylic acids is 1. The number of carbonyl (C=O) groups is 1. The van der Waals surface area contributed by atoms with E-state index in [0.717, 1.165) is 15.8 Å². The average Bonchev–Trinajstić information content (AvgIpc) is 2.58. The minimum atomic E-state index is -0.426. The summed E-state index contributed by atoms with van der Waals surface area (Å²) in [7, 11) is 0. The molecule has 1 aromatic carbocycles. The predicted octanol–water partition coefficient (Wildman–Crippen LogP) is 4.24. The highest BCUT2D eigenvalue weighted by atomic mass is 35.5. The number of nitrogens with one attached hydrogen (secondary N) is 1. The predicted molar refractivity (Wildman–Crippen MR) is 77.5 cm³/mol. The van der Waals surface area contributed by atoms with Crippen LogP contribution >= 0.6 is 22.9 Å². The monoisotopic (exact) mass is 282 g/mol. The lowest BCUT2D eigenvalue weighted by Crippen LogP contribution is -2.27. The number of thiazole rings is 1. The molecule has 1 N–H and O–H groups in total. The Morgan fingerprint density at radius 3 is 2.67 bits per heavy atom. The number of halogens is 1. The average molecular weight is 283 g/mol. The summed E-state index contributed by atoms with van der Waals surface area (Å²) in [5.74, 6) is -0.0368. The van der Waals surface area contributed by atoms with Crippen molar-refractivity contribution in [1.82, 2.24) is 4.98 Å². The third-order valence-corrected chi connectivity index (χ3v) is 3.69. The lowest BCUT2D eigenvalue weighted by Gasteiger charge is -2.15. The van der Waals surface area contributed by atoms with E-state index in [0.29, 0.717) is 10.2 Å². The van der Waals surface area contributed by atoms with Gasteiger partial charge >= 0.3 is 0 Å². The third-order valence-electron chi connectivity index (χ3n) is 2.55. The summed E-state index contributed by atoms with van der Waals surface area (Å²) in [5, 5.41) is 4.16. The molecule has 0 aliphatic carbocycles. The van der Waals surface area contributed by atoms with E-state index >= 15 is 0 Å². The Hall–Kier alpha value is -1.13. The Bertz CT molecular complexity index is 613. The van der Waals surface area contributed by atoms with Crippen LogP contribution in [0.15, 0.2) is 12.1 Å². The molecule has 1 heterocycles. The summed E-state index contributed by atoms with van der Waals surface area (Å²) in [6.07, 6.45) is 0. The van der Waals surface area contributed by atoms with Crippen LogP contribution in [0.2, 0.25) is 5.02 Å². The highest BCUT2D eigenvalue weighted by Crippen LogP contribution is 2.31. The Morgan fingerprint density at radius 2 is 2.06 bits per heavy atom. The van der Waals surface area contributed by atoms with E-state index < -0.39 is 5.41 Å². The molecular formula is C13H15ClN2OS. The molecule has 0 saturated carbocycles. The summed E-state index contributed by atoms with van der Waals surface area (Å²) in [4.78, 5) is 16.3. The van der Waals surface area contributed by atoms with E-state index in [4.69, 9.17) is 11.6 Å². The smallest absolute Gasteiger partial charge is 0.231 e. The Balaban J connectivity index is 2.37. The molecule has 3 nitrogen and oxygen atoms in total. The Kier molecular flexibility index (Phi) is 3.34. The van der Waals surface area contributed by atoms with Gasteiger partial charge in [-0.25, -0.2) is 4.98 Å². The van der Waals surface area contributed by atoms with Gasteiger partial charge in [-0.1, -0.05) is 43.7 Å². The van der Waals surface area contributed by atoms with Gasteiger partial charge in [0.05, 0.1) is 10.2 Å². The number of hydrogen-bond acceptors (Lipinski definition) is 3. The van der Waals surface area contributed by atoms with Crippen LogP contribution in [0.1, 0.15) is 26.3 Å².